The molecule has 0 aliphatic carbocycles. The Hall–Kier alpha value is -2.19. The van der Waals surface area contributed by atoms with Crippen molar-refractivity contribution in [1.29, 1.82) is 0 Å². The molecule has 1 aromatic carbocycles. The topological polar surface area (TPSA) is 83.9 Å². The molecule has 4 rings (SSSR count). The van der Waals surface area contributed by atoms with E-state index >= 15 is 0 Å². The number of aromatic nitrogens is 4. The molecule has 3 aromatic rings. The van der Waals surface area contributed by atoms with Crippen LogP contribution in [0.2, 0.25) is 0 Å². The fourth-order valence-corrected chi connectivity index (χ4v) is 4.48. The molecule has 2 aromatic heterocycles. The minimum Gasteiger partial charge on any atom is -0.330 e. The molecular weight excluding hydrogens is 338 g/mol. The van der Waals surface area contributed by atoms with Gasteiger partial charge in [-0.25, -0.2) is 13.4 Å². The van der Waals surface area contributed by atoms with Crippen LogP contribution in [0.15, 0.2) is 35.4 Å². The van der Waals surface area contributed by atoms with Gasteiger partial charge in [0.05, 0.1) is 29.5 Å². The van der Waals surface area contributed by atoms with Crippen LogP contribution in [0, 0.1) is 0 Å². The van der Waals surface area contributed by atoms with Gasteiger partial charge in [0, 0.05) is 25.8 Å². The number of sulfone groups is 1. The first-order valence-electron chi connectivity index (χ1n) is 8.29. The molecule has 0 radical (unpaired) electrons. The second-order valence-corrected chi connectivity index (χ2v) is 8.70. The molecule has 1 atom stereocenters. The van der Waals surface area contributed by atoms with Crippen LogP contribution in [-0.2, 0) is 23.4 Å². The summed E-state index contributed by atoms with van der Waals surface area (Å²) in [5, 5.41) is 6.84. The van der Waals surface area contributed by atoms with Gasteiger partial charge in [-0.3, -0.25) is 10.00 Å². The van der Waals surface area contributed by atoms with E-state index in [4.69, 9.17) is 4.98 Å². The third kappa shape index (κ3) is 2.96. The number of aryl methyl sites for hydroxylation is 1. The van der Waals surface area contributed by atoms with E-state index in [1.54, 1.807) is 0 Å². The number of likely N-dealkylation sites (tertiary alicyclic amines) is 1. The summed E-state index contributed by atoms with van der Waals surface area (Å²) in [6, 6.07) is 8.11. The molecule has 0 unspecified atom stereocenters. The summed E-state index contributed by atoms with van der Waals surface area (Å²) in [5.41, 5.74) is 2.86. The zero-order valence-corrected chi connectivity index (χ0v) is 15.1. The Kier molecular flexibility index (Phi) is 3.88. The molecule has 8 heteroatoms. The van der Waals surface area contributed by atoms with Gasteiger partial charge in [-0.15, -0.1) is 0 Å². The quantitative estimate of drug-likeness (QED) is 0.766. The summed E-state index contributed by atoms with van der Waals surface area (Å²) < 4.78 is 25.9. The number of rotatable bonds is 4. The lowest BCUT2D eigenvalue weighted by Crippen LogP contribution is -2.22. The van der Waals surface area contributed by atoms with E-state index in [2.05, 4.69) is 25.7 Å². The first-order chi connectivity index (χ1) is 11.9. The Morgan fingerprint density at radius 1 is 1.32 bits per heavy atom. The normalized spacial score (nSPS) is 19.0. The Morgan fingerprint density at radius 3 is 2.88 bits per heavy atom. The Morgan fingerprint density at radius 2 is 2.12 bits per heavy atom. The van der Waals surface area contributed by atoms with Crippen molar-refractivity contribution in [1.82, 2.24) is 24.6 Å². The molecule has 1 aliphatic rings. The monoisotopic (exact) mass is 359 g/mol. The maximum atomic E-state index is 11.9. The molecule has 0 spiro atoms. The molecule has 1 fully saturated rings. The summed E-state index contributed by atoms with van der Waals surface area (Å²) in [4.78, 5) is 7.37. The van der Waals surface area contributed by atoms with Crippen LogP contribution in [0.25, 0.3) is 11.0 Å². The van der Waals surface area contributed by atoms with E-state index in [-0.39, 0.29) is 5.92 Å². The predicted molar refractivity (Wildman–Crippen MR) is 95.0 cm³/mol. The number of H-pyrrole nitrogens is 1. The Balaban J connectivity index is 1.53. The summed E-state index contributed by atoms with van der Waals surface area (Å²) in [6.07, 6.45) is 3.56. The largest absolute Gasteiger partial charge is 0.330 e. The number of para-hydroxylation sites is 2. The average Bonchev–Trinajstić information content (AvgIpc) is 3.27. The molecule has 1 N–H and O–H groups in total. The highest BCUT2D eigenvalue weighted by atomic mass is 32.2. The van der Waals surface area contributed by atoms with Crippen molar-refractivity contribution in [3.8, 4) is 0 Å². The van der Waals surface area contributed by atoms with Crippen LogP contribution in [0.4, 0.5) is 0 Å². The number of nitrogens with one attached hydrogen (secondary N) is 1. The van der Waals surface area contributed by atoms with Gasteiger partial charge in [-0.1, -0.05) is 12.1 Å². The van der Waals surface area contributed by atoms with Crippen molar-refractivity contribution >= 4 is 20.9 Å². The van der Waals surface area contributed by atoms with Crippen molar-refractivity contribution in [2.45, 2.75) is 23.8 Å². The highest BCUT2D eigenvalue weighted by Crippen LogP contribution is 2.31. The van der Waals surface area contributed by atoms with Gasteiger partial charge in [0.1, 0.15) is 10.7 Å². The van der Waals surface area contributed by atoms with Crippen LogP contribution < -0.4 is 0 Å². The number of hydrogen-bond acceptors (Lipinski definition) is 5. The molecular formula is C17H21N5O2S. The zero-order valence-electron chi connectivity index (χ0n) is 14.3. The van der Waals surface area contributed by atoms with Gasteiger partial charge in [0.15, 0.2) is 9.84 Å². The fourth-order valence-electron chi connectivity index (χ4n) is 3.62. The van der Waals surface area contributed by atoms with Crippen molar-refractivity contribution < 1.29 is 8.42 Å². The summed E-state index contributed by atoms with van der Waals surface area (Å²) in [6.45, 7) is 2.47. The zero-order chi connectivity index (χ0) is 17.6. The Labute approximate surface area is 146 Å². The van der Waals surface area contributed by atoms with Crippen LogP contribution >= 0.6 is 0 Å². The minimum absolute atomic E-state index is 0.155. The van der Waals surface area contributed by atoms with Gasteiger partial charge in [-0.05, 0) is 25.1 Å². The maximum absolute atomic E-state index is 11.9. The Bertz CT molecular complexity index is 1020. The maximum Gasteiger partial charge on any atom is 0.178 e. The van der Waals surface area contributed by atoms with Gasteiger partial charge in [0.2, 0.25) is 0 Å². The SMILES string of the molecule is Cn1c(CN2CC[C@@H](c3[nH]ncc3S(C)(=O)=O)C2)nc2ccccc21. The van der Waals surface area contributed by atoms with E-state index < -0.39 is 9.84 Å². The van der Waals surface area contributed by atoms with E-state index in [0.717, 1.165) is 48.6 Å². The van der Waals surface area contributed by atoms with Gasteiger partial charge in [-0.2, -0.15) is 5.10 Å². The molecule has 0 saturated carbocycles. The van der Waals surface area contributed by atoms with Crippen molar-refractivity contribution in [2.75, 3.05) is 19.3 Å². The smallest absolute Gasteiger partial charge is 0.178 e. The van der Waals surface area contributed by atoms with Crippen LogP contribution in [-0.4, -0.2) is 52.4 Å². The lowest BCUT2D eigenvalue weighted by atomic mass is 10.1. The van der Waals surface area contributed by atoms with Crippen molar-refractivity contribution in [2.24, 2.45) is 7.05 Å². The standard InChI is InChI=1S/C17H21N5O2S/c1-21-14-6-4-3-5-13(14)19-16(21)11-22-8-7-12(10-22)17-15(9-18-20-17)25(2,23)24/h3-6,9,12H,7-8,10-11H2,1-2H3,(H,18,20)/t12-/m1/s1. The summed E-state index contributed by atoms with van der Waals surface area (Å²) in [5.74, 6) is 1.18. The third-order valence-corrected chi connectivity index (χ3v) is 6.08. The molecule has 7 nitrogen and oxygen atoms in total. The van der Waals surface area contributed by atoms with Crippen LogP contribution in [0.5, 0.6) is 0 Å². The highest BCUT2D eigenvalue weighted by Gasteiger charge is 2.30. The minimum atomic E-state index is -3.26. The molecule has 0 bridgehead atoms. The van der Waals surface area contributed by atoms with E-state index in [1.165, 1.54) is 12.5 Å². The molecule has 0 amide bonds. The molecule has 1 saturated heterocycles. The second-order valence-electron chi connectivity index (χ2n) is 6.72. The number of fused-ring (bicyclic) bond motifs is 1. The lowest BCUT2D eigenvalue weighted by Gasteiger charge is -2.15. The first-order valence-corrected chi connectivity index (χ1v) is 10.2. The summed E-state index contributed by atoms with van der Waals surface area (Å²) in [7, 11) is -1.22. The molecule has 3 heterocycles. The van der Waals surface area contributed by atoms with Crippen molar-refractivity contribution in [3.63, 3.8) is 0 Å². The molecule has 25 heavy (non-hydrogen) atoms. The predicted octanol–water partition coefficient (Wildman–Crippen LogP) is 1.69. The number of nitrogens with zero attached hydrogens (tertiary/aromatic N) is 4. The van der Waals surface area contributed by atoms with Gasteiger partial charge >= 0.3 is 0 Å². The van der Waals surface area contributed by atoms with Crippen molar-refractivity contribution in [3.05, 3.63) is 42.0 Å². The van der Waals surface area contributed by atoms with Gasteiger partial charge < -0.3 is 4.57 Å². The number of imidazole rings is 1. The van der Waals surface area contributed by atoms with Crippen LogP contribution in [0.1, 0.15) is 23.9 Å². The number of benzene rings is 1. The lowest BCUT2D eigenvalue weighted by molar-refractivity contribution is 0.314. The molecule has 132 valence electrons. The van der Waals surface area contributed by atoms with E-state index in [1.807, 2.05) is 25.2 Å². The second kappa shape index (κ2) is 5.96. The third-order valence-electron chi connectivity index (χ3n) is 4.96. The number of hydrogen-bond donors (Lipinski definition) is 1. The van der Waals surface area contributed by atoms with E-state index in [0.29, 0.717) is 4.90 Å². The van der Waals surface area contributed by atoms with Gasteiger partial charge in [0.25, 0.3) is 0 Å². The van der Waals surface area contributed by atoms with E-state index in [9.17, 15) is 8.42 Å². The highest BCUT2D eigenvalue weighted by molar-refractivity contribution is 7.90. The summed E-state index contributed by atoms with van der Waals surface area (Å²) >= 11 is 0. The van der Waals surface area contributed by atoms with Crippen LogP contribution in [0.3, 0.4) is 0 Å². The first kappa shape index (κ1) is 16.3. The fraction of sp³-hybridized carbons (Fsp3) is 0.412. The number of aromatic amines is 1. The average molecular weight is 359 g/mol. The molecule has 1 aliphatic heterocycles.